The van der Waals surface area contributed by atoms with E-state index in [1.165, 1.54) is 30.9 Å². The zero-order chi connectivity index (χ0) is 22.2. The van der Waals surface area contributed by atoms with Crippen LogP contribution in [0.5, 0.6) is 11.5 Å². The quantitative estimate of drug-likeness (QED) is 0.317. The number of ether oxygens (including phenoxy) is 1. The summed E-state index contributed by atoms with van der Waals surface area (Å²) in [5.74, 6) is 0.541. The van der Waals surface area contributed by atoms with E-state index in [2.05, 4.69) is 35.6 Å². The number of hydrogen-bond donors (Lipinski definition) is 1. The lowest BCUT2D eigenvalue weighted by Crippen LogP contribution is -2.06. The normalized spacial score (nSPS) is 12.2. The first-order valence-corrected chi connectivity index (χ1v) is 10.9. The molecule has 0 amide bonds. The van der Waals surface area contributed by atoms with Gasteiger partial charge in [-0.15, -0.1) is 5.10 Å². The highest BCUT2D eigenvalue weighted by Crippen LogP contribution is 2.29. The molecule has 2 aromatic carbocycles. The van der Waals surface area contributed by atoms with Gasteiger partial charge in [0, 0.05) is 30.4 Å². The standard InChI is InChI=1S/C20H15FN8O2S/c1-29-17-6-4-12(8-15(17)27-28-29)31-11-3-5-14(13(21)7-11)25-19-18-16(23-10-24-19)9-22-20(26-18)32(2)30/h3-10H,1-2H3,(H,23,24,25). The summed E-state index contributed by atoms with van der Waals surface area (Å²) in [6, 6.07) is 9.73. The van der Waals surface area contributed by atoms with Crippen LogP contribution in [0.25, 0.3) is 22.1 Å². The first kappa shape index (κ1) is 20.0. The van der Waals surface area contributed by atoms with Gasteiger partial charge in [0.05, 0.1) is 17.4 Å². The molecular formula is C20H15FN8O2S. The Labute approximate surface area is 183 Å². The molecule has 0 fully saturated rings. The van der Waals surface area contributed by atoms with Crippen LogP contribution in [0, 0.1) is 5.82 Å². The van der Waals surface area contributed by atoms with Crippen LogP contribution in [-0.4, -0.2) is 45.7 Å². The van der Waals surface area contributed by atoms with E-state index in [1.54, 1.807) is 29.9 Å². The SMILES string of the molecule is Cn1nnc2cc(Oc3ccc(Nc4ncnc5cnc([S+](C)[O-])nc45)c(F)c3)ccc21. The van der Waals surface area contributed by atoms with E-state index in [0.717, 1.165) is 5.52 Å². The molecule has 0 aliphatic carbocycles. The van der Waals surface area contributed by atoms with Crippen molar-refractivity contribution >= 4 is 44.7 Å². The molecule has 0 aliphatic rings. The topological polar surface area (TPSA) is 127 Å². The van der Waals surface area contributed by atoms with Crippen molar-refractivity contribution in [1.82, 2.24) is 34.9 Å². The van der Waals surface area contributed by atoms with Gasteiger partial charge in [0.25, 0.3) is 0 Å². The molecule has 0 spiro atoms. The summed E-state index contributed by atoms with van der Waals surface area (Å²) < 4.78 is 33.9. The molecule has 1 unspecified atom stereocenters. The number of hydrogen-bond acceptors (Lipinski definition) is 9. The molecule has 1 atom stereocenters. The second-order valence-electron chi connectivity index (χ2n) is 6.80. The van der Waals surface area contributed by atoms with Crippen molar-refractivity contribution in [1.29, 1.82) is 0 Å². The Balaban J connectivity index is 1.41. The van der Waals surface area contributed by atoms with Gasteiger partial charge in [0.2, 0.25) is 0 Å². The first-order chi connectivity index (χ1) is 15.5. The summed E-state index contributed by atoms with van der Waals surface area (Å²) >= 11 is -1.38. The third kappa shape index (κ3) is 3.76. The average Bonchev–Trinajstić information content (AvgIpc) is 3.15. The van der Waals surface area contributed by atoms with Gasteiger partial charge in [0.15, 0.2) is 5.82 Å². The second kappa shape index (κ2) is 7.98. The van der Waals surface area contributed by atoms with Gasteiger partial charge in [-0.05, 0) is 24.3 Å². The van der Waals surface area contributed by atoms with Crippen LogP contribution in [0.2, 0.25) is 0 Å². The van der Waals surface area contributed by atoms with E-state index in [1.807, 2.05) is 6.07 Å². The van der Waals surface area contributed by atoms with Crippen molar-refractivity contribution in [3.63, 3.8) is 0 Å². The molecule has 10 nitrogen and oxygen atoms in total. The van der Waals surface area contributed by atoms with Gasteiger partial charge >= 0.3 is 5.16 Å². The number of fused-ring (bicyclic) bond motifs is 2. The van der Waals surface area contributed by atoms with Gasteiger partial charge in [0.1, 0.15) is 46.4 Å². The molecule has 5 aromatic rings. The van der Waals surface area contributed by atoms with Crippen LogP contribution in [0.4, 0.5) is 15.9 Å². The van der Waals surface area contributed by atoms with E-state index >= 15 is 0 Å². The molecular weight excluding hydrogens is 435 g/mol. The highest BCUT2D eigenvalue weighted by Gasteiger charge is 2.15. The number of halogens is 1. The lowest BCUT2D eigenvalue weighted by molar-refractivity contribution is 0.478. The number of anilines is 2. The summed E-state index contributed by atoms with van der Waals surface area (Å²) in [6.07, 6.45) is 4.24. The Kier molecular flexibility index (Phi) is 4.99. The number of nitrogens with one attached hydrogen (secondary N) is 1. The summed E-state index contributed by atoms with van der Waals surface area (Å²) in [6.45, 7) is 0. The smallest absolute Gasteiger partial charge is 0.343 e. The van der Waals surface area contributed by atoms with Gasteiger partial charge in [-0.25, -0.2) is 19.0 Å². The molecule has 5 rings (SSSR count). The van der Waals surface area contributed by atoms with E-state index in [0.29, 0.717) is 28.0 Å². The molecule has 0 bridgehead atoms. The minimum atomic E-state index is -1.38. The van der Waals surface area contributed by atoms with E-state index in [4.69, 9.17) is 4.74 Å². The molecule has 0 aliphatic heterocycles. The molecule has 3 aromatic heterocycles. The monoisotopic (exact) mass is 450 g/mol. The Morgan fingerprint density at radius 2 is 1.88 bits per heavy atom. The molecule has 160 valence electrons. The molecule has 0 saturated heterocycles. The maximum Gasteiger partial charge on any atom is 0.343 e. The van der Waals surface area contributed by atoms with E-state index < -0.39 is 17.0 Å². The first-order valence-electron chi connectivity index (χ1n) is 9.33. The fourth-order valence-electron chi connectivity index (χ4n) is 3.08. The van der Waals surface area contributed by atoms with Crippen molar-refractivity contribution in [3.8, 4) is 11.5 Å². The van der Waals surface area contributed by atoms with Crippen molar-refractivity contribution in [2.24, 2.45) is 7.05 Å². The fourth-order valence-corrected chi connectivity index (χ4v) is 3.50. The lowest BCUT2D eigenvalue weighted by Gasteiger charge is -2.11. The highest BCUT2D eigenvalue weighted by molar-refractivity contribution is 7.90. The van der Waals surface area contributed by atoms with Crippen molar-refractivity contribution in [2.45, 2.75) is 5.16 Å². The van der Waals surface area contributed by atoms with E-state index in [9.17, 15) is 8.94 Å². The van der Waals surface area contributed by atoms with Crippen LogP contribution in [-0.2, 0) is 18.2 Å². The Morgan fingerprint density at radius 1 is 1.06 bits per heavy atom. The number of aromatic nitrogens is 7. The van der Waals surface area contributed by atoms with E-state index in [-0.39, 0.29) is 16.7 Å². The maximum absolute atomic E-state index is 14.8. The van der Waals surface area contributed by atoms with Crippen molar-refractivity contribution in [3.05, 3.63) is 54.7 Å². The van der Waals surface area contributed by atoms with Gasteiger partial charge in [-0.2, -0.15) is 9.97 Å². The Morgan fingerprint density at radius 3 is 2.69 bits per heavy atom. The zero-order valence-corrected chi connectivity index (χ0v) is 17.7. The molecule has 0 radical (unpaired) electrons. The molecule has 12 heteroatoms. The summed E-state index contributed by atoms with van der Waals surface area (Å²) in [5.41, 5.74) is 2.48. The molecule has 0 saturated carbocycles. The predicted octanol–water partition coefficient (Wildman–Crippen LogP) is 3.11. The molecule has 3 heterocycles. The zero-order valence-electron chi connectivity index (χ0n) is 16.9. The second-order valence-corrected chi connectivity index (χ2v) is 8.07. The minimum Gasteiger partial charge on any atom is -0.609 e. The largest absolute Gasteiger partial charge is 0.609 e. The van der Waals surface area contributed by atoms with Gasteiger partial charge in [-0.3, -0.25) is 0 Å². The van der Waals surface area contributed by atoms with Crippen LogP contribution < -0.4 is 10.1 Å². The Bertz CT molecular complexity index is 1460. The number of benzene rings is 2. The Hall–Kier alpha value is -3.90. The van der Waals surface area contributed by atoms with Crippen LogP contribution in [0.3, 0.4) is 0 Å². The number of nitrogens with zero attached hydrogens (tertiary/aromatic N) is 7. The summed E-state index contributed by atoms with van der Waals surface area (Å²) in [7, 11) is 1.80. The van der Waals surface area contributed by atoms with Gasteiger partial charge in [-0.1, -0.05) is 5.21 Å². The third-order valence-corrected chi connectivity index (χ3v) is 5.33. The average molecular weight is 450 g/mol. The highest BCUT2D eigenvalue weighted by atomic mass is 32.2. The number of aryl methyl sites for hydroxylation is 1. The van der Waals surface area contributed by atoms with Crippen LogP contribution >= 0.6 is 0 Å². The van der Waals surface area contributed by atoms with Gasteiger partial charge < -0.3 is 14.6 Å². The van der Waals surface area contributed by atoms with Crippen molar-refractivity contribution < 1.29 is 13.7 Å². The summed E-state index contributed by atoms with van der Waals surface area (Å²) in [4.78, 5) is 16.5. The van der Waals surface area contributed by atoms with Crippen LogP contribution in [0.15, 0.2) is 54.1 Å². The third-order valence-electron chi connectivity index (χ3n) is 4.62. The molecule has 32 heavy (non-hydrogen) atoms. The molecule has 1 N–H and O–H groups in total. The number of rotatable bonds is 5. The maximum atomic E-state index is 14.8. The summed E-state index contributed by atoms with van der Waals surface area (Å²) in [5, 5.41) is 11.0. The van der Waals surface area contributed by atoms with Crippen molar-refractivity contribution in [2.75, 3.05) is 11.6 Å². The predicted molar refractivity (Wildman–Crippen MR) is 116 cm³/mol. The lowest BCUT2D eigenvalue weighted by atomic mass is 10.2. The minimum absolute atomic E-state index is 0.139. The van der Waals surface area contributed by atoms with Crippen LogP contribution in [0.1, 0.15) is 0 Å². The fraction of sp³-hybridized carbons (Fsp3) is 0.100.